The van der Waals surface area contributed by atoms with Gasteiger partial charge in [-0.2, -0.15) is 35.9 Å². The van der Waals surface area contributed by atoms with Crippen LogP contribution in [-0.4, -0.2) is 31.4 Å². The fourth-order valence-electron chi connectivity index (χ4n) is 1.70. The van der Waals surface area contributed by atoms with Gasteiger partial charge in [0.25, 0.3) is 0 Å². The third kappa shape index (κ3) is 9.30. The van der Waals surface area contributed by atoms with E-state index in [1.165, 1.54) is 0 Å². The summed E-state index contributed by atoms with van der Waals surface area (Å²) < 4.78 is 11.5. The first-order chi connectivity index (χ1) is 8.99. The van der Waals surface area contributed by atoms with E-state index in [1.807, 2.05) is 54.6 Å². The predicted octanol–water partition coefficient (Wildman–Crippen LogP) is 2.51. The minimum atomic E-state index is -3.21. The SMILES string of the molecule is CN(C)CP(=O)([O-])CCc1ccc[cH-]1.[Fe+2].c1cc[cH-]c1. The molecule has 0 aliphatic rings. The minimum absolute atomic E-state index is 0. The van der Waals surface area contributed by atoms with Crippen molar-refractivity contribution in [3.63, 3.8) is 0 Å². The van der Waals surface area contributed by atoms with Gasteiger partial charge in [-0.25, -0.2) is 24.3 Å². The molecule has 2 aromatic carbocycles. The molecular weight excluding hydrogens is 313 g/mol. The van der Waals surface area contributed by atoms with Crippen molar-refractivity contribution in [2.45, 2.75) is 6.42 Å². The van der Waals surface area contributed by atoms with Crippen LogP contribution in [0.15, 0.2) is 54.6 Å². The second-order valence-corrected chi connectivity index (χ2v) is 7.12. The average Bonchev–Trinajstić information content (AvgIpc) is 3.01. The predicted molar refractivity (Wildman–Crippen MR) is 78.8 cm³/mol. The van der Waals surface area contributed by atoms with Crippen molar-refractivity contribution in [1.82, 2.24) is 4.90 Å². The van der Waals surface area contributed by atoms with Gasteiger partial charge in [0, 0.05) is 13.7 Å². The van der Waals surface area contributed by atoms with Gasteiger partial charge in [0.2, 0.25) is 0 Å². The van der Waals surface area contributed by atoms with Crippen molar-refractivity contribution in [2.24, 2.45) is 0 Å². The van der Waals surface area contributed by atoms with Crippen LogP contribution in [0.25, 0.3) is 0 Å². The van der Waals surface area contributed by atoms with E-state index in [9.17, 15) is 9.46 Å². The molecule has 0 radical (unpaired) electrons. The van der Waals surface area contributed by atoms with E-state index in [1.54, 1.807) is 19.0 Å². The van der Waals surface area contributed by atoms with Gasteiger partial charge in [-0.05, 0) is 26.7 Å². The van der Waals surface area contributed by atoms with E-state index >= 15 is 0 Å². The van der Waals surface area contributed by atoms with Crippen LogP contribution < -0.4 is 4.89 Å². The number of nitrogens with zero attached hydrogens (tertiary/aromatic N) is 1. The summed E-state index contributed by atoms with van der Waals surface area (Å²) in [6, 6.07) is 17.8. The largest absolute Gasteiger partial charge is 2.00 e. The molecule has 0 N–H and O–H groups in total. The third-order valence-corrected chi connectivity index (χ3v) is 4.43. The van der Waals surface area contributed by atoms with Gasteiger partial charge in [0.15, 0.2) is 0 Å². The molecule has 0 aliphatic carbocycles. The molecule has 5 heteroatoms. The normalized spacial score (nSPS) is 13.0. The van der Waals surface area contributed by atoms with Crippen molar-refractivity contribution < 1.29 is 26.5 Å². The molecular formula is C15H21FeNO2P-. The maximum absolute atomic E-state index is 11.5. The van der Waals surface area contributed by atoms with Crippen LogP contribution >= 0.6 is 7.37 Å². The summed E-state index contributed by atoms with van der Waals surface area (Å²) in [5.74, 6) is 0. The van der Waals surface area contributed by atoms with Crippen LogP contribution in [0.5, 0.6) is 0 Å². The zero-order valence-electron chi connectivity index (χ0n) is 11.9. The van der Waals surface area contributed by atoms with Crippen molar-refractivity contribution in [2.75, 3.05) is 26.5 Å². The molecule has 2 rings (SSSR count). The van der Waals surface area contributed by atoms with Crippen LogP contribution in [0.4, 0.5) is 0 Å². The van der Waals surface area contributed by atoms with Gasteiger partial charge in [-0.15, -0.1) is 0 Å². The van der Waals surface area contributed by atoms with Crippen molar-refractivity contribution >= 4 is 7.37 Å². The number of rotatable bonds is 5. The molecule has 0 aromatic heterocycles. The standard InChI is InChI=1S/C10H17NO2P.C5H5.Fe/c1-11(2)9-14(12,13)8-7-10-5-3-4-6-10;1-2-4-5-3-1;/h3-6H,7-9H2,1-2H3,(H,12,13);1-5H;/q2*-1;+2/p-1. The van der Waals surface area contributed by atoms with Gasteiger partial charge in [0.1, 0.15) is 0 Å². The van der Waals surface area contributed by atoms with E-state index in [0.29, 0.717) is 6.42 Å². The van der Waals surface area contributed by atoms with E-state index in [0.717, 1.165) is 5.56 Å². The molecule has 0 saturated heterocycles. The second kappa shape index (κ2) is 10.1. The molecule has 0 fully saturated rings. The van der Waals surface area contributed by atoms with Crippen molar-refractivity contribution in [1.29, 1.82) is 0 Å². The Morgan fingerprint density at radius 2 is 1.85 bits per heavy atom. The summed E-state index contributed by atoms with van der Waals surface area (Å²) >= 11 is 0. The fraction of sp³-hybridized carbons (Fsp3) is 0.333. The number of hydrogen-bond donors (Lipinski definition) is 0. The van der Waals surface area contributed by atoms with Gasteiger partial charge in [0.05, 0.1) is 0 Å². The molecule has 0 saturated carbocycles. The number of aryl methyl sites for hydroxylation is 1. The first-order valence-corrected chi connectivity index (χ1v) is 8.30. The Morgan fingerprint density at radius 1 is 1.20 bits per heavy atom. The summed E-state index contributed by atoms with van der Waals surface area (Å²) in [6.07, 6.45) is 1.05. The summed E-state index contributed by atoms with van der Waals surface area (Å²) in [6.45, 7) is 0. The molecule has 2 aromatic rings. The van der Waals surface area contributed by atoms with Crippen molar-refractivity contribution in [3.05, 3.63) is 60.2 Å². The van der Waals surface area contributed by atoms with Crippen LogP contribution in [0, 0.1) is 0 Å². The maximum Gasteiger partial charge on any atom is 2.00 e. The molecule has 0 bridgehead atoms. The van der Waals surface area contributed by atoms with Crippen LogP contribution in [0.1, 0.15) is 5.56 Å². The van der Waals surface area contributed by atoms with Gasteiger partial charge in [-0.1, -0.05) is 0 Å². The smallest absolute Gasteiger partial charge is 0.798 e. The summed E-state index contributed by atoms with van der Waals surface area (Å²) in [5, 5.41) is 0. The minimum Gasteiger partial charge on any atom is -0.798 e. The zero-order valence-corrected chi connectivity index (χ0v) is 13.9. The summed E-state index contributed by atoms with van der Waals surface area (Å²) in [4.78, 5) is 13.2. The second-order valence-electron chi connectivity index (χ2n) is 4.76. The summed E-state index contributed by atoms with van der Waals surface area (Å²) in [5.41, 5.74) is 1.10. The van der Waals surface area contributed by atoms with E-state index < -0.39 is 7.37 Å². The quantitative estimate of drug-likeness (QED) is 0.479. The Kier molecular flexibility index (Phi) is 9.83. The maximum atomic E-state index is 11.5. The monoisotopic (exact) mass is 334 g/mol. The van der Waals surface area contributed by atoms with Gasteiger partial charge >= 0.3 is 17.1 Å². The van der Waals surface area contributed by atoms with Crippen LogP contribution in [-0.2, 0) is 28.1 Å². The average molecular weight is 334 g/mol. The topological polar surface area (TPSA) is 43.4 Å². The van der Waals surface area contributed by atoms with E-state index in [-0.39, 0.29) is 29.5 Å². The Morgan fingerprint density at radius 3 is 2.25 bits per heavy atom. The molecule has 20 heavy (non-hydrogen) atoms. The molecule has 0 amide bonds. The van der Waals surface area contributed by atoms with Crippen LogP contribution in [0.3, 0.4) is 0 Å². The Labute approximate surface area is 132 Å². The Bertz CT molecular complexity index is 449. The Balaban J connectivity index is 0.000000507. The number of hydrogen-bond acceptors (Lipinski definition) is 3. The molecule has 112 valence electrons. The first-order valence-electron chi connectivity index (χ1n) is 6.31. The van der Waals surface area contributed by atoms with Gasteiger partial charge in [-0.3, -0.25) is 0 Å². The molecule has 0 heterocycles. The zero-order chi connectivity index (χ0) is 14.1. The summed E-state index contributed by atoms with van der Waals surface area (Å²) in [7, 11) is 0.328. The fourth-order valence-corrected chi connectivity index (χ4v) is 3.30. The Hall–Kier alpha value is -0.631. The molecule has 3 nitrogen and oxygen atoms in total. The third-order valence-electron chi connectivity index (χ3n) is 2.53. The van der Waals surface area contributed by atoms with Crippen LogP contribution in [0.2, 0.25) is 0 Å². The molecule has 1 atom stereocenters. The molecule has 1 unspecified atom stereocenters. The molecule has 0 spiro atoms. The first kappa shape index (κ1) is 19.4. The molecule has 0 aliphatic heterocycles. The van der Waals surface area contributed by atoms with E-state index in [4.69, 9.17) is 0 Å². The van der Waals surface area contributed by atoms with Crippen molar-refractivity contribution in [3.8, 4) is 0 Å². The van der Waals surface area contributed by atoms with Gasteiger partial charge < -0.3 is 14.4 Å². The van der Waals surface area contributed by atoms with E-state index in [2.05, 4.69) is 0 Å².